The van der Waals surface area contributed by atoms with Crippen molar-refractivity contribution in [2.75, 3.05) is 32.7 Å². The molecule has 1 fully saturated rings. The van der Waals surface area contributed by atoms with E-state index in [9.17, 15) is 14.8 Å². The van der Waals surface area contributed by atoms with Crippen LogP contribution in [-0.4, -0.2) is 66.6 Å². The number of para-hydroxylation sites is 1. The molecule has 7 nitrogen and oxygen atoms in total. The Morgan fingerprint density at radius 2 is 2.08 bits per heavy atom. The van der Waals surface area contributed by atoms with Crippen LogP contribution in [0, 0.1) is 0 Å². The highest BCUT2D eigenvalue weighted by atomic mass is 16.4. The van der Waals surface area contributed by atoms with Gasteiger partial charge < -0.3 is 30.0 Å². The van der Waals surface area contributed by atoms with Crippen LogP contribution in [0.15, 0.2) is 34.9 Å². The van der Waals surface area contributed by atoms with E-state index in [2.05, 4.69) is 15.5 Å². The van der Waals surface area contributed by atoms with Gasteiger partial charge >= 0.3 is 7.12 Å². The first kappa shape index (κ1) is 17.9. The topological polar surface area (TPSA) is 98.0 Å². The van der Waals surface area contributed by atoms with Crippen molar-refractivity contribution in [2.45, 2.75) is 18.8 Å². The van der Waals surface area contributed by atoms with Crippen molar-refractivity contribution >= 4 is 24.0 Å². The fourth-order valence-electron chi connectivity index (χ4n) is 3.13. The zero-order chi connectivity index (χ0) is 17.6. The molecule has 1 aliphatic rings. The molecule has 0 bridgehead atoms. The van der Waals surface area contributed by atoms with Crippen molar-refractivity contribution in [3.05, 3.63) is 36.1 Å². The number of carbonyl (C=O) groups excluding carboxylic acids is 1. The van der Waals surface area contributed by atoms with Crippen molar-refractivity contribution < 1.29 is 19.3 Å². The Labute approximate surface area is 147 Å². The Morgan fingerprint density at radius 1 is 1.32 bits per heavy atom. The van der Waals surface area contributed by atoms with E-state index in [0.717, 1.165) is 42.7 Å². The molecule has 1 atom stereocenters. The van der Waals surface area contributed by atoms with E-state index >= 15 is 0 Å². The third kappa shape index (κ3) is 4.82. The summed E-state index contributed by atoms with van der Waals surface area (Å²) < 4.78 is 5.47. The first-order valence-corrected chi connectivity index (χ1v) is 8.67. The summed E-state index contributed by atoms with van der Waals surface area (Å²) >= 11 is 0. The molecule has 0 radical (unpaired) electrons. The van der Waals surface area contributed by atoms with Crippen molar-refractivity contribution in [1.29, 1.82) is 0 Å². The zero-order valence-corrected chi connectivity index (χ0v) is 14.1. The van der Waals surface area contributed by atoms with Crippen LogP contribution in [0.1, 0.15) is 12.0 Å². The summed E-state index contributed by atoms with van der Waals surface area (Å²) in [5.74, 6) is -0.944. The SMILES string of the molecule is O=C(CCN1CCNCC1)N[C@@H](Cc1coc2ccccc12)B(O)O. The van der Waals surface area contributed by atoms with Crippen LogP contribution in [-0.2, 0) is 11.2 Å². The molecule has 8 heteroatoms. The van der Waals surface area contributed by atoms with Gasteiger partial charge in [0, 0.05) is 44.5 Å². The number of furan rings is 1. The van der Waals surface area contributed by atoms with E-state index in [4.69, 9.17) is 4.42 Å². The summed E-state index contributed by atoms with van der Waals surface area (Å²) in [5.41, 5.74) is 1.59. The van der Waals surface area contributed by atoms with E-state index in [1.165, 1.54) is 0 Å². The number of piperazine rings is 1. The maximum Gasteiger partial charge on any atom is 0.475 e. The average molecular weight is 345 g/mol. The fourth-order valence-corrected chi connectivity index (χ4v) is 3.13. The van der Waals surface area contributed by atoms with Crippen LogP contribution in [0.5, 0.6) is 0 Å². The predicted octanol–water partition coefficient (Wildman–Crippen LogP) is -0.233. The molecule has 3 rings (SSSR count). The van der Waals surface area contributed by atoms with Crippen LogP contribution in [0.25, 0.3) is 11.0 Å². The minimum atomic E-state index is -1.63. The third-order valence-electron chi connectivity index (χ3n) is 4.57. The van der Waals surface area contributed by atoms with Gasteiger partial charge in [-0.2, -0.15) is 0 Å². The van der Waals surface area contributed by atoms with E-state index in [0.29, 0.717) is 19.4 Å². The number of amides is 1. The molecule has 1 amide bonds. The maximum absolute atomic E-state index is 12.2. The highest BCUT2D eigenvalue weighted by molar-refractivity contribution is 6.43. The lowest BCUT2D eigenvalue weighted by Gasteiger charge is -2.27. The normalized spacial score (nSPS) is 16.7. The van der Waals surface area contributed by atoms with Crippen LogP contribution < -0.4 is 10.6 Å². The lowest BCUT2D eigenvalue weighted by molar-refractivity contribution is -0.121. The van der Waals surface area contributed by atoms with Gasteiger partial charge in [-0.05, 0) is 18.1 Å². The molecule has 0 aliphatic carbocycles. The van der Waals surface area contributed by atoms with Crippen molar-refractivity contribution in [1.82, 2.24) is 15.5 Å². The average Bonchev–Trinajstić information content (AvgIpc) is 3.03. The number of benzene rings is 1. The first-order chi connectivity index (χ1) is 12.1. The second-order valence-electron chi connectivity index (χ2n) is 6.39. The van der Waals surface area contributed by atoms with Gasteiger partial charge in [0.1, 0.15) is 5.58 Å². The summed E-state index contributed by atoms with van der Waals surface area (Å²) in [6.07, 6.45) is 2.25. The molecule has 0 saturated carbocycles. The monoisotopic (exact) mass is 345 g/mol. The number of hydrogen-bond donors (Lipinski definition) is 4. The van der Waals surface area contributed by atoms with E-state index < -0.39 is 13.1 Å². The second kappa shape index (κ2) is 8.49. The summed E-state index contributed by atoms with van der Waals surface area (Å²) in [6, 6.07) is 7.56. The smallest absolute Gasteiger partial charge is 0.464 e. The zero-order valence-electron chi connectivity index (χ0n) is 14.1. The first-order valence-electron chi connectivity index (χ1n) is 8.67. The van der Waals surface area contributed by atoms with Gasteiger partial charge in [-0.3, -0.25) is 4.79 Å². The van der Waals surface area contributed by atoms with Crippen molar-refractivity contribution in [3.63, 3.8) is 0 Å². The number of nitrogens with one attached hydrogen (secondary N) is 2. The molecule has 1 aromatic carbocycles. The van der Waals surface area contributed by atoms with E-state index in [1.54, 1.807) is 6.26 Å². The van der Waals surface area contributed by atoms with Gasteiger partial charge in [0.15, 0.2) is 0 Å². The molecule has 25 heavy (non-hydrogen) atoms. The quantitative estimate of drug-likeness (QED) is 0.518. The number of fused-ring (bicyclic) bond motifs is 1. The van der Waals surface area contributed by atoms with Crippen LogP contribution in [0.3, 0.4) is 0 Å². The molecule has 134 valence electrons. The molecule has 1 aliphatic heterocycles. The lowest BCUT2D eigenvalue weighted by Crippen LogP contribution is -2.49. The molecular formula is C17H24BN3O4. The number of nitrogens with zero attached hydrogens (tertiary/aromatic N) is 1. The standard InChI is InChI=1S/C17H24BN3O4/c22-17(5-8-21-9-6-19-7-10-21)20-16(18(23)24)11-13-12-25-15-4-2-1-3-14(13)15/h1-4,12,16,19,23-24H,5-11H2,(H,20,22)/t16-/m0/s1. The molecule has 2 aromatic rings. The lowest BCUT2D eigenvalue weighted by atomic mass is 9.76. The Balaban J connectivity index is 1.56. The van der Waals surface area contributed by atoms with Gasteiger partial charge in [0.05, 0.1) is 12.2 Å². The summed E-state index contributed by atoms with van der Waals surface area (Å²) in [7, 11) is -1.63. The second-order valence-corrected chi connectivity index (χ2v) is 6.39. The van der Waals surface area contributed by atoms with Gasteiger partial charge in [-0.1, -0.05) is 18.2 Å². The fraction of sp³-hybridized carbons (Fsp3) is 0.471. The predicted molar refractivity (Wildman–Crippen MR) is 96.0 cm³/mol. The van der Waals surface area contributed by atoms with Gasteiger partial charge in [0.25, 0.3) is 0 Å². The number of hydrogen-bond acceptors (Lipinski definition) is 6. The molecule has 1 aromatic heterocycles. The molecule has 4 N–H and O–H groups in total. The van der Waals surface area contributed by atoms with E-state index in [-0.39, 0.29) is 5.91 Å². The van der Waals surface area contributed by atoms with Crippen LogP contribution in [0.2, 0.25) is 0 Å². The van der Waals surface area contributed by atoms with Gasteiger partial charge in [-0.25, -0.2) is 0 Å². The molecule has 0 unspecified atom stereocenters. The third-order valence-corrected chi connectivity index (χ3v) is 4.57. The highest BCUT2D eigenvalue weighted by Crippen LogP contribution is 2.22. The molecule has 0 spiro atoms. The Hall–Kier alpha value is -1.87. The largest absolute Gasteiger partial charge is 0.475 e. The minimum absolute atomic E-state index is 0.176. The number of rotatable bonds is 7. The summed E-state index contributed by atoms with van der Waals surface area (Å²) in [6.45, 7) is 4.41. The van der Waals surface area contributed by atoms with Crippen LogP contribution in [0.4, 0.5) is 0 Å². The van der Waals surface area contributed by atoms with Gasteiger partial charge in [-0.15, -0.1) is 0 Å². The summed E-state index contributed by atoms with van der Waals surface area (Å²) in [5, 5.41) is 26.2. The van der Waals surface area contributed by atoms with Crippen molar-refractivity contribution in [3.8, 4) is 0 Å². The maximum atomic E-state index is 12.2. The number of carbonyl (C=O) groups is 1. The summed E-state index contributed by atoms with van der Waals surface area (Å²) in [4.78, 5) is 14.4. The Bertz CT molecular complexity index is 700. The van der Waals surface area contributed by atoms with Crippen LogP contribution >= 0.6 is 0 Å². The Morgan fingerprint density at radius 3 is 2.84 bits per heavy atom. The highest BCUT2D eigenvalue weighted by Gasteiger charge is 2.27. The molecule has 2 heterocycles. The van der Waals surface area contributed by atoms with Gasteiger partial charge in [0.2, 0.25) is 5.91 Å². The Kier molecular flexibility index (Phi) is 6.09. The molecule has 1 saturated heterocycles. The van der Waals surface area contributed by atoms with Crippen molar-refractivity contribution in [2.24, 2.45) is 0 Å². The molecular weight excluding hydrogens is 321 g/mol. The minimum Gasteiger partial charge on any atom is -0.464 e. The van der Waals surface area contributed by atoms with E-state index in [1.807, 2.05) is 24.3 Å².